The molecular weight excluding hydrogens is 206 g/mol. The Labute approximate surface area is 96.6 Å². The molecule has 0 aromatic carbocycles. The maximum absolute atomic E-state index is 12.0. The fourth-order valence-corrected chi connectivity index (χ4v) is 1.64. The Morgan fingerprint density at radius 3 is 2.25 bits per heavy atom. The van der Waals surface area contributed by atoms with Crippen molar-refractivity contribution in [3.63, 3.8) is 0 Å². The van der Waals surface area contributed by atoms with E-state index in [-0.39, 0.29) is 11.8 Å². The molecular formula is C12H21NO3. The molecule has 0 spiro atoms. The van der Waals surface area contributed by atoms with Crippen LogP contribution in [-0.4, -0.2) is 34.5 Å². The van der Waals surface area contributed by atoms with Gasteiger partial charge in [-0.2, -0.15) is 0 Å². The first-order valence-electron chi connectivity index (χ1n) is 6.00. The highest BCUT2D eigenvalue weighted by Crippen LogP contribution is 2.29. The Kier molecular flexibility index (Phi) is 4.33. The minimum atomic E-state index is -0.831. The summed E-state index contributed by atoms with van der Waals surface area (Å²) in [6.07, 6.45) is 2.85. The molecule has 0 aromatic heterocycles. The number of carboxylic acids is 1. The maximum atomic E-state index is 12.0. The zero-order valence-corrected chi connectivity index (χ0v) is 10.3. The summed E-state index contributed by atoms with van der Waals surface area (Å²) >= 11 is 0. The Morgan fingerprint density at radius 2 is 1.88 bits per heavy atom. The minimum Gasteiger partial charge on any atom is -0.481 e. The van der Waals surface area contributed by atoms with Gasteiger partial charge in [0.2, 0.25) is 5.91 Å². The third-order valence-corrected chi connectivity index (χ3v) is 3.20. The normalized spacial score (nSPS) is 18.9. The molecule has 4 heteroatoms. The van der Waals surface area contributed by atoms with Crippen LogP contribution in [0.15, 0.2) is 0 Å². The van der Waals surface area contributed by atoms with Crippen LogP contribution in [0.2, 0.25) is 0 Å². The number of hydrogen-bond acceptors (Lipinski definition) is 2. The van der Waals surface area contributed by atoms with Crippen LogP contribution >= 0.6 is 0 Å². The van der Waals surface area contributed by atoms with Gasteiger partial charge in [-0.3, -0.25) is 9.59 Å². The van der Waals surface area contributed by atoms with Crippen LogP contribution in [0.25, 0.3) is 0 Å². The molecule has 0 heterocycles. The number of aliphatic carboxylic acids is 1. The number of carbonyl (C=O) groups is 2. The highest BCUT2D eigenvalue weighted by atomic mass is 16.4. The van der Waals surface area contributed by atoms with Crippen molar-refractivity contribution in [2.24, 2.45) is 11.8 Å². The molecule has 1 rings (SSSR count). The van der Waals surface area contributed by atoms with Gasteiger partial charge in [-0.1, -0.05) is 20.8 Å². The largest absolute Gasteiger partial charge is 0.481 e. The van der Waals surface area contributed by atoms with Crippen LogP contribution in [-0.2, 0) is 9.59 Å². The zero-order valence-electron chi connectivity index (χ0n) is 10.3. The summed E-state index contributed by atoms with van der Waals surface area (Å²) in [5.41, 5.74) is 0. The number of carboxylic acid groups (broad SMARTS) is 1. The molecule has 92 valence electrons. The van der Waals surface area contributed by atoms with E-state index < -0.39 is 11.9 Å². The summed E-state index contributed by atoms with van der Waals surface area (Å²) in [4.78, 5) is 24.6. The standard InChI is InChI=1S/C12H21NO3/c1-4-8(2)11(14)13(10-5-6-10)7-9(3)12(15)16/h8-10H,4-7H2,1-3H3,(H,15,16). The first kappa shape index (κ1) is 13.0. The summed E-state index contributed by atoms with van der Waals surface area (Å²) in [5, 5.41) is 8.87. The minimum absolute atomic E-state index is 0.00148. The summed E-state index contributed by atoms with van der Waals surface area (Å²) < 4.78 is 0. The monoisotopic (exact) mass is 227 g/mol. The first-order valence-corrected chi connectivity index (χ1v) is 6.00. The Balaban J connectivity index is 2.60. The molecule has 0 bridgehead atoms. The summed E-state index contributed by atoms with van der Waals surface area (Å²) in [6, 6.07) is 0.295. The van der Waals surface area contributed by atoms with E-state index in [0.29, 0.717) is 12.6 Å². The van der Waals surface area contributed by atoms with Gasteiger partial charge in [0.25, 0.3) is 0 Å². The van der Waals surface area contributed by atoms with Crippen molar-refractivity contribution in [3.05, 3.63) is 0 Å². The lowest BCUT2D eigenvalue weighted by Crippen LogP contribution is -2.41. The van der Waals surface area contributed by atoms with Crippen LogP contribution in [0.5, 0.6) is 0 Å². The molecule has 0 aliphatic heterocycles. The van der Waals surface area contributed by atoms with Gasteiger partial charge in [-0.25, -0.2) is 0 Å². The lowest BCUT2D eigenvalue weighted by Gasteiger charge is -2.27. The first-order chi connectivity index (χ1) is 7.47. The molecule has 16 heavy (non-hydrogen) atoms. The summed E-state index contributed by atoms with van der Waals surface area (Å²) in [6.45, 7) is 5.89. The van der Waals surface area contributed by atoms with Gasteiger partial charge >= 0.3 is 5.97 Å². The van der Waals surface area contributed by atoms with Crippen molar-refractivity contribution in [1.82, 2.24) is 4.90 Å². The average Bonchev–Trinajstić information content (AvgIpc) is 3.06. The second-order valence-electron chi connectivity index (χ2n) is 4.77. The van der Waals surface area contributed by atoms with Crippen LogP contribution in [0.3, 0.4) is 0 Å². The molecule has 4 nitrogen and oxygen atoms in total. The van der Waals surface area contributed by atoms with Crippen LogP contribution in [0.1, 0.15) is 40.0 Å². The van der Waals surface area contributed by atoms with Crippen LogP contribution < -0.4 is 0 Å². The van der Waals surface area contributed by atoms with E-state index in [0.717, 1.165) is 19.3 Å². The van der Waals surface area contributed by atoms with Gasteiger partial charge in [0.15, 0.2) is 0 Å². The molecule has 1 amide bonds. The Morgan fingerprint density at radius 1 is 1.31 bits per heavy atom. The summed E-state index contributed by atoms with van der Waals surface area (Å²) in [5.74, 6) is -1.20. The van der Waals surface area contributed by atoms with E-state index in [2.05, 4.69) is 0 Å². The zero-order chi connectivity index (χ0) is 12.3. The smallest absolute Gasteiger partial charge is 0.308 e. The number of carbonyl (C=O) groups excluding carboxylic acids is 1. The van der Waals surface area contributed by atoms with E-state index in [9.17, 15) is 9.59 Å². The molecule has 0 saturated heterocycles. The van der Waals surface area contributed by atoms with Gasteiger partial charge in [0.05, 0.1) is 5.92 Å². The molecule has 1 fully saturated rings. The van der Waals surface area contributed by atoms with E-state index in [4.69, 9.17) is 5.11 Å². The molecule has 2 unspecified atom stereocenters. The summed E-state index contributed by atoms with van der Waals surface area (Å²) in [7, 11) is 0. The quantitative estimate of drug-likeness (QED) is 0.752. The van der Waals surface area contributed by atoms with Gasteiger partial charge in [0.1, 0.15) is 0 Å². The van der Waals surface area contributed by atoms with Gasteiger partial charge < -0.3 is 10.0 Å². The second-order valence-corrected chi connectivity index (χ2v) is 4.77. The maximum Gasteiger partial charge on any atom is 0.308 e. The average molecular weight is 227 g/mol. The van der Waals surface area contributed by atoms with E-state index >= 15 is 0 Å². The third kappa shape index (κ3) is 3.22. The highest BCUT2D eigenvalue weighted by molar-refractivity contribution is 5.80. The van der Waals surface area contributed by atoms with Gasteiger partial charge in [0, 0.05) is 18.5 Å². The van der Waals surface area contributed by atoms with Crippen molar-refractivity contribution >= 4 is 11.9 Å². The van der Waals surface area contributed by atoms with Crippen molar-refractivity contribution in [2.45, 2.75) is 46.1 Å². The number of nitrogens with zero attached hydrogens (tertiary/aromatic N) is 1. The van der Waals surface area contributed by atoms with E-state index in [1.54, 1.807) is 11.8 Å². The van der Waals surface area contributed by atoms with Crippen molar-refractivity contribution < 1.29 is 14.7 Å². The lowest BCUT2D eigenvalue weighted by molar-refractivity contribution is -0.144. The fourth-order valence-electron chi connectivity index (χ4n) is 1.64. The van der Waals surface area contributed by atoms with E-state index in [1.165, 1.54) is 0 Å². The van der Waals surface area contributed by atoms with E-state index in [1.807, 2.05) is 13.8 Å². The molecule has 2 atom stereocenters. The van der Waals surface area contributed by atoms with Gasteiger partial charge in [-0.05, 0) is 19.3 Å². The SMILES string of the molecule is CCC(C)C(=O)N(CC(C)C(=O)O)C1CC1. The molecule has 0 aromatic rings. The van der Waals surface area contributed by atoms with Gasteiger partial charge in [-0.15, -0.1) is 0 Å². The molecule has 1 aliphatic carbocycles. The van der Waals surface area contributed by atoms with Crippen molar-refractivity contribution in [1.29, 1.82) is 0 Å². The Hall–Kier alpha value is -1.06. The Bertz CT molecular complexity index is 273. The van der Waals surface area contributed by atoms with Crippen molar-refractivity contribution in [2.75, 3.05) is 6.54 Å². The van der Waals surface area contributed by atoms with Crippen LogP contribution in [0, 0.1) is 11.8 Å². The highest BCUT2D eigenvalue weighted by Gasteiger charge is 2.35. The predicted octanol–water partition coefficient (Wildman–Crippen LogP) is 1.74. The molecule has 1 aliphatic rings. The van der Waals surface area contributed by atoms with Crippen molar-refractivity contribution in [3.8, 4) is 0 Å². The molecule has 1 saturated carbocycles. The topological polar surface area (TPSA) is 57.6 Å². The predicted molar refractivity (Wildman–Crippen MR) is 61.0 cm³/mol. The molecule has 1 N–H and O–H groups in total. The lowest BCUT2D eigenvalue weighted by atomic mass is 10.1. The number of rotatable bonds is 6. The number of amides is 1. The third-order valence-electron chi connectivity index (χ3n) is 3.20. The second kappa shape index (κ2) is 5.32. The van der Waals surface area contributed by atoms with Crippen LogP contribution in [0.4, 0.5) is 0 Å². The molecule has 0 radical (unpaired) electrons. The fraction of sp³-hybridized carbons (Fsp3) is 0.833. The number of hydrogen-bond donors (Lipinski definition) is 1.